The fourth-order valence-corrected chi connectivity index (χ4v) is 3.22. The molecule has 3 aromatic heterocycles. The van der Waals surface area contributed by atoms with E-state index in [-0.39, 0.29) is 24.6 Å². The largest absolute Gasteiger partial charge is 0.396 e. The van der Waals surface area contributed by atoms with Crippen molar-refractivity contribution >= 4 is 11.5 Å². The molecule has 4 heterocycles. The molecule has 0 aromatic carbocycles. The summed E-state index contributed by atoms with van der Waals surface area (Å²) >= 11 is 0. The lowest BCUT2D eigenvalue weighted by atomic mass is 9.85. The van der Waals surface area contributed by atoms with Crippen molar-refractivity contribution < 1.29 is 17.9 Å². The van der Waals surface area contributed by atoms with Gasteiger partial charge in [-0.05, 0) is 17.7 Å². The van der Waals surface area contributed by atoms with Crippen LogP contribution in [-0.2, 0) is 4.74 Å². The van der Waals surface area contributed by atoms with E-state index in [1.807, 2.05) is 0 Å². The lowest BCUT2D eigenvalue weighted by molar-refractivity contribution is -0.191. The molecule has 10 heteroatoms. The molecule has 0 spiro atoms. The zero-order chi connectivity index (χ0) is 19.9. The van der Waals surface area contributed by atoms with Gasteiger partial charge in [0.15, 0.2) is 5.82 Å². The van der Waals surface area contributed by atoms with E-state index in [1.165, 1.54) is 29.2 Å². The van der Waals surface area contributed by atoms with Crippen molar-refractivity contribution in [1.29, 1.82) is 0 Å². The predicted molar refractivity (Wildman–Crippen MR) is 96.5 cm³/mol. The molecule has 0 radical (unpaired) electrons. The minimum atomic E-state index is -4.35. The minimum Gasteiger partial charge on any atom is -0.395 e. The quantitative estimate of drug-likeness (QED) is 0.710. The molecule has 1 aliphatic heterocycles. The van der Waals surface area contributed by atoms with Crippen molar-refractivity contribution in [3.05, 3.63) is 48.5 Å². The highest BCUT2D eigenvalue weighted by Crippen LogP contribution is 2.43. The molecule has 28 heavy (non-hydrogen) atoms. The first-order valence-electron chi connectivity index (χ1n) is 8.50. The van der Waals surface area contributed by atoms with Crippen molar-refractivity contribution in [1.82, 2.24) is 19.7 Å². The second-order valence-electron chi connectivity index (χ2n) is 6.60. The third kappa shape index (κ3) is 3.26. The Labute approximate surface area is 158 Å². The molecule has 1 atom stereocenters. The van der Waals surface area contributed by atoms with Gasteiger partial charge in [0.1, 0.15) is 5.82 Å². The van der Waals surface area contributed by atoms with Crippen LogP contribution in [0.1, 0.15) is 11.5 Å². The second-order valence-corrected chi connectivity index (χ2v) is 6.60. The SMILES string of the molecule is Nc1nccc(-c2cnn(-c3ccc(C(C4COC4)C(F)(F)F)cn3)c2)c1N. The average Bonchev–Trinajstić information content (AvgIpc) is 3.09. The number of hydrogen-bond donors (Lipinski definition) is 2. The van der Waals surface area contributed by atoms with E-state index in [9.17, 15) is 13.2 Å². The van der Waals surface area contributed by atoms with E-state index in [4.69, 9.17) is 16.2 Å². The standard InChI is InChI=1S/C18H17F3N6O/c19-18(20,21)15(12-8-28-9-12)10-1-2-14(25-5-10)27-7-11(6-26-27)13-3-4-24-17(23)16(13)22/h1-7,12,15H,8-9,22H2,(H2,23,24). The van der Waals surface area contributed by atoms with Crippen LogP contribution in [-0.4, -0.2) is 39.1 Å². The van der Waals surface area contributed by atoms with Crippen molar-refractivity contribution in [3.8, 4) is 16.9 Å². The summed E-state index contributed by atoms with van der Waals surface area (Å²) in [7, 11) is 0. The molecular formula is C18H17F3N6O. The molecule has 4 N–H and O–H groups in total. The van der Waals surface area contributed by atoms with Crippen LogP contribution in [0.5, 0.6) is 0 Å². The van der Waals surface area contributed by atoms with E-state index < -0.39 is 18.0 Å². The van der Waals surface area contributed by atoms with E-state index in [0.717, 1.165) is 0 Å². The molecule has 146 valence electrons. The number of pyridine rings is 2. The van der Waals surface area contributed by atoms with Gasteiger partial charge in [-0.3, -0.25) is 0 Å². The number of anilines is 2. The number of nitrogens with zero attached hydrogens (tertiary/aromatic N) is 4. The summed E-state index contributed by atoms with van der Waals surface area (Å²) < 4.78 is 46.7. The molecule has 4 rings (SSSR count). The average molecular weight is 390 g/mol. The molecule has 0 saturated carbocycles. The Morgan fingerprint density at radius 2 is 1.89 bits per heavy atom. The zero-order valence-electron chi connectivity index (χ0n) is 14.6. The van der Waals surface area contributed by atoms with Crippen LogP contribution in [0.2, 0.25) is 0 Å². The Kier molecular flexibility index (Phi) is 4.42. The normalized spacial score (nSPS) is 16.0. The lowest BCUT2D eigenvalue weighted by Gasteiger charge is -2.35. The Morgan fingerprint density at radius 1 is 1.11 bits per heavy atom. The molecule has 0 bridgehead atoms. The minimum absolute atomic E-state index is 0.102. The van der Waals surface area contributed by atoms with E-state index >= 15 is 0 Å². The van der Waals surface area contributed by atoms with Gasteiger partial charge in [0, 0.05) is 35.6 Å². The smallest absolute Gasteiger partial charge is 0.395 e. The van der Waals surface area contributed by atoms with Crippen LogP contribution < -0.4 is 11.5 Å². The van der Waals surface area contributed by atoms with Gasteiger partial charge in [0.2, 0.25) is 0 Å². The summed E-state index contributed by atoms with van der Waals surface area (Å²) in [6.45, 7) is 0.204. The number of nitrogen functional groups attached to an aromatic ring is 2. The fraction of sp³-hybridized carbons (Fsp3) is 0.278. The number of hydrogen-bond acceptors (Lipinski definition) is 6. The molecular weight excluding hydrogens is 373 g/mol. The zero-order valence-corrected chi connectivity index (χ0v) is 14.6. The number of rotatable bonds is 4. The number of nitrogens with two attached hydrogens (primary N) is 2. The van der Waals surface area contributed by atoms with Gasteiger partial charge < -0.3 is 16.2 Å². The predicted octanol–water partition coefficient (Wildman–Crippen LogP) is 2.79. The molecule has 7 nitrogen and oxygen atoms in total. The highest BCUT2D eigenvalue weighted by molar-refractivity contribution is 5.81. The summed E-state index contributed by atoms with van der Waals surface area (Å²) in [5.74, 6) is -1.56. The first kappa shape index (κ1) is 18.2. The lowest BCUT2D eigenvalue weighted by Crippen LogP contribution is -2.40. The highest BCUT2D eigenvalue weighted by atomic mass is 19.4. The molecule has 3 aromatic rings. The van der Waals surface area contributed by atoms with Gasteiger partial charge in [-0.15, -0.1) is 0 Å². The van der Waals surface area contributed by atoms with Gasteiger partial charge >= 0.3 is 6.18 Å². The number of halogens is 3. The van der Waals surface area contributed by atoms with Crippen molar-refractivity contribution in [2.24, 2.45) is 5.92 Å². The first-order valence-corrected chi connectivity index (χ1v) is 8.50. The van der Waals surface area contributed by atoms with Gasteiger partial charge in [-0.1, -0.05) is 6.07 Å². The van der Waals surface area contributed by atoms with Crippen LogP contribution in [0.15, 0.2) is 43.0 Å². The van der Waals surface area contributed by atoms with Crippen LogP contribution in [0.25, 0.3) is 16.9 Å². The van der Waals surface area contributed by atoms with Gasteiger partial charge in [0.05, 0.1) is 31.0 Å². The van der Waals surface area contributed by atoms with Crippen molar-refractivity contribution in [3.63, 3.8) is 0 Å². The summed E-state index contributed by atoms with van der Waals surface area (Å²) in [5.41, 5.74) is 13.5. The number of aromatic nitrogens is 4. The monoisotopic (exact) mass is 390 g/mol. The van der Waals surface area contributed by atoms with Gasteiger partial charge in [-0.25, -0.2) is 14.6 Å². The maximum atomic E-state index is 13.4. The van der Waals surface area contributed by atoms with E-state index in [2.05, 4.69) is 15.1 Å². The topological polar surface area (TPSA) is 105 Å². The molecule has 1 fully saturated rings. The highest BCUT2D eigenvalue weighted by Gasteiger charge is 2.48. The molecule has 1 unspecified atom stereocenters. The van der Waals surface area contributed by atoms with Crippen LogP contribution in [0, 0.1) is 5.92 Å². The summed E-state index contributed by atoms with van der Waals surface area (Å²) in [4.78, 5) is 8.08. The Bertz CT molecular complexity index is 982. The third-order valence-electron chi connectivity index (χ3n) is 4.77. The number of ether oxygens (including phenoxy) is 1. The maximum absolute atomic E-state index is 13.4. The maximum Gasteiger partial charge on any atom is 0.396 e. The van der Waals surface area contributed by atoms with Crippen LogP contribution >= 0.6 is 0 Å². The summed E-state index contributed by atoms with van der Waals surface area (Å²) in [6.07, 6.45) is 1.67. The third-order valence-corrected chi connectivity index (χ3v) is 4.77. The molecule has 0 aliphatic carbocycles. The van der Waals surface area contributed by atoms with Crippen molar-refractivity contribution in [2.75, 3.05) is 24.7 Å². The van der Waals surface area contributed by atoms with Gasteiger partial charge in [-0.2, -0.15) is 18.3 Å². The Morgan fingerprint density at radius 3 is 2.50 bits per heavy atom. The molecule has 1 saturated heterocycles. The van der Waals surface area contributed by atoms with Crippen molar-refractivity contribution in [2.45, 2.75) is 12.1 Å². The molecule has 1 aliphatic rings. The summed E-state index contributed by atoms with van der Waals surface area (Å²) in [5, 5.41) is 4.21. The fourth-order valence-electron chi connectivity index (χ4n) is 3.22. The summed E-state index contributed by atoms with van der Waals surface area (Å²) in [6, 6.07) is 4.64. The second kappa shape index (κ2) is 6.79. The first-order chi connectivity index (χ1) is 13.3. The van der Waals surface area contributed by atoms with E-state index in [1.54, 1.807) is 18.5 Å². The number of alkyl halides is 3. The van der Waals surface area contributed by atoms with Crippen LogP contribution in [0.4, 0.5) is 24.7 Å². The van der Waals surface area contributed by atoms with E-state index in [0.29, 0.717) is 22.6 Å². The van der Waals surface area contributed by atoms with Crippen LogP contribution in [0.3, 0.4) is 0 Å². The Balaban J connectivity index is 1.61. The molecule has 0 amide bonds. The van der Waals surface area contributed by atoms with Gasteiger partial charge in [0.25, 0.3) is 0 Å². The Hall–Kier alpha value is -3.14.